The molecule has 2 rings (SSSR count). The minimum Gasteiger partial charge on any atom is -0.331 e. The summed E-state index contributed by atoms with van der Waals surface area (Å²) in [6, 6.07) is 5.79. The predicted octanol–water partition coefficient (Wildman–Crippen LogP) is -0.742. The number of amides is 2. The summed E-state index contributed by atoms with van der Waals surface area (Å²) in [6.07, 6.45) is 0. The van der Waals surface area contributed by atoms with Crippen LogP contribution in [0.15, 0.2) is 24.3 Å². The van der Waals surface area contributed by atoms with Gasteiger partial charge in [-0.15, -0.1) is 0 Å². The molecule has 2 amide bonds. The van der Waals surface area contributed by atoms with Crippen molar-refractivity contribution in [1.29, 1.82) is 0 Å². The van der Waals surface area contributed by atoms with E-state index in [2.05, 4.69) is 0 Å². The van der Waals surface area contributed by atoms with Gasteiger partial charge in [-0.05, 0) is 17.7 Å². The molecule has 1 heterocycles. The molecule has 2 N–H and O–H groups in total. The number of benzene rings is 1. The smallest absolute Gasteiger partial charge is 0.284 e. The van der Waals surface area contributed by atoms with E-state index in [0.29, 0.717) is 13.1 Å². The molecule has 0 atom stereocenters. The number of nitrogens with zero attached hydrogens (tertiary/aromatic N) is 1. The van der Waals surface area contributed by atoms with Gasteiger partial charge in [0.1, 0.15) is 5.82 Å². The third kappa shape index (κ3) is 2.25. The van der Waals surface area contributed by atoms with Gasteiger partial charge in [-0.3, -0.25) is 14.5 Å². The Hall–Kier alpha value is -1.75. The number of quaternary nitrogens is 1. The number of carbonyl (C=O) groups excluding carboxylic acids is 2. The average molecular weight is 223 g/mol. The van der Waals surface area contributed by atoms with Crippen LogP contribution < -0.4 is 5.32 Å². The van der Waals surface area contributed by atoms with E-state index in [1.54, 1.807) is 17.4 Å². The van der Waals surface area contributed by atoms with Crippen molar-refractivity contribution in [3.8, 4) is 0 Å². The van der Waals surface area contributed by atoms with Gasteiger partial charge in [0.2, 0.25) is 0 Å². The first-order valence-corrected chi connectivity index (χ1v) is 5.06. The second-order valence-corrected chi connectivity index (χ2v) is 3.70. The second-order valence-electron chi connectivity index (χ2n) is 3.70. The van der Waals surface area contributed by atoms with Crippen LogP contribution in [0.1, 0.15) is 5.56 Å². The van der Waals surface area contributed by atoms with E-state index >= 15 is 0 Å². The summed E-state index contributed by atoms with van der Waals surface area (Å²) in [5.74, 6) is -0.713. The summed E-state index contributed by atoms with van der Waals surface area (Å²) in [6.45, 7) is 0.825. The zero-order valence-corrected chi connectivity index (χ0v) is 8.65. The van der Waals surface area contributed by atoms with Crippen molar-refractivity contribution in [2.24, 2.45) is 0 Å². The van der Waals surface area contributed by atoms with Gasteiger partial charge in [0.15, 0.2) is 13.1 Å². The maximum atomic E-state index is 12.7. The Morgan fingerprint density at radius 1 is 1.12 bits per heavy atom. The maximum Gasteiger partial charge on any atom is 0.284 e. The Labute approximate surface area is 92.0 Å². The van der Waals surface area contributed by atoms with Crippen LogP contribution in [0, 0.1) is 5.82 Å². The van der Waals surface area contributed by atoms with Crippen LogP contribution in [0.25, 0.3) is 0 Å². The van der Waals surface area contributed by atoms with E-state index < -0.39 is 0 Å². The van der Waals surface area contributed by atoms with E-state index in [0.717, 1.165) is 5.56 Å². The topological polar surface area (TPSA) is 54.0 Å². The zero-order valence-electron chi connectivity index (χ0n) is 8.65. The fourth-order valence-electron chi connectivity index (χ4n) is 1.63. The first-order valence-electron chi connectivity index (χ1n) is 5.06. The Kier molecular flexibility index (Phi) is 2.96. The van der Waals surface area contributed by atoms with Crippen LogP contribution in [-0.2, 0) is 16.1 Å². The van der Waals surface area contributed by atoms with Crippen LogP contribution in [0.3, 0.4) is 0 Å². The van der Waals surface area contributed by atoms with Crippen molar-refractivity contribution in [2.75, 3.05) is 13.1 Å². The summed E-state index contributed by atoms with van der Waals surface area (Å²) in [4.78, 5) is 24.2. The molecule has 16 heavy (non-hydrogen) atoms. The number of hydrogen-bond donors (Lipinski definition) is 1. The Morgan fingerprint density at radius 2 is 1.69 bits per heavy atom. The molecule has 1 aromatic rings. The molecule has 1 saturated heterocycles. The number of carbonyl (C=O) groups is 2. The molecule has 0 aromatic heterocycles. The summed E-state index contributed by atoms with van der Waals surface area (Å²) in [5.41, 5.74) is 0.755. The third-order valence-corrected chi connectivity index (χ3v) is 2.49. The van der Waals surface area contributed by atoms with Crippen molar-refractivity contribution >= 4 is 11.8 Å². The van der Waals surface area contributed by atoms with Gasteiger partial charge in [-0.25, -0.2) is 4.39 Å². The normalized spacial score (nSPS) is 16.7. The van der Waals surface area contributed by atoms with Gasteiger partial charge in [0.25, 0.3) is 11.8 Å². The fourth-order valence-corrected chi connectivity index (χ4v) is 1.63. The largest absolute Gasteiger partial charge is 0.331 e. The molecule has 0 saturated carbocycles. The molecule has 1 aromatic carbocycles. The highest BCUT2D eigenvalue weighted by atomic mass is 19.1. The molecular weight excluding hydrogens is 211 g/mol. The average Bonchev–Trinajstić information content (AvgIpc) is 2.26. The first kappa shape index (κ1) is 10.8. The Balaban J connectivity index is 2.10. The highest BCUT2D eigenvalue weighted by molar-refractivity contribution is 5.97. The molecule has 4 nitrogen and oxygen atoms in total. The lowest BCUT2D eigenvalue weighted by molar-refractivity contribution is -0.638. The van der Waals surface area contributed by atoms with Gasteiger partial charge in [0.05, 0.1) is 6.54 Å². The maximum absolute atomic E-state index is 12.7. The number of nitrogens with two attached hydrogens (primary N) is 1. The monoisotopic (exact) mass is 223 g/mol. The molecule has 0 radical (unpaired) electrons. The minimum absolute atomic E-state index is 0.194. The summed E-state index contributed by atoms with van der Waals surface area (Å²) in [7, 11) is 0. The summed E-state index contributed by atoms with van der Waals surface area (Å²) >= 11 is 0. The lowest BCUT2D eigenvalue weighted by Gasteiger charge is -2.23. The molecule has 1 aliphatic heterocycles. The molecular formula is C11H12FN2O2+. The molecule has 84 valence electrons. The lowest BCUT2D eigenvalue weighted by atomic mass is 10.2. The van der Waals surface area contributed by atoms with E-state index in [9.17, 15) is 14.0 Å². The van der Waals surface area contributed by atoms with Crippen LogP contribution in [0.2, 0.25) is 0 Å². The van der Waals surface area contributed by atoms with E-state index in [4.69, 9.17) is 0 Å². The highest BCUT2D eigenvalue weighted by Crippen LogP contribution is 2.07. The van der Waals surface area contributed by atoms with Gasteiger partial charge in [0, 0.05) is 0 Å². The number of halogens is 1. The SMILES string of the molecule is O=C1C[NH2+]CC(=O)N1Cc1ccc(F)cc1. The van der Waals surface area contributed by atoms with Crippen molar-refractivity contribution in [2.45, 2.75) is 6.54 Å². The summed E-state index contributed by atoms with van der Waals surface area (Å²) in [5, 5.41) is 1.67. The van der Waals surface area contributed by atoms with E-state index in [1.807, 2.05) is 0 Å². The molecule has 5 heteroatoms. The van der Waals surface area contributed by atoms with Crippen molar-refractivity contribution < 1.29 is 19.3 Å². The number of piperazine rings is 1. The molecule has 0 aliphatic carbocycles. The Morgan fingerprint density at radius 3 is 2.25 bits per heavy atom. The lowest BCUT2D eigenvalue weighted by Crippen LogP contribution is -2.92. The highest BCUT2D eigenvalue weighted by Gasteiger charge is 2.28. The first-order chi connectivity index (χ1) is 7.66. The quantitative estimate of drug-likeness (QED) is 0.671. The zero-order chi connectivity index (χ0) is 11.5. The molecule has 1 fully saturated rings. The molecule has 1 aliphatic rings. The molecule has 0 bridgehead atoms. The van der Waals surface area contributed by atoms with E-state index in [-0.39, 0.29) is 24.2 Å². The van der Waals surface area contributed by atoms with Crippen molar-refractivity contribution in [1.82, 2.24) is 4.90 Å². The van der Waals surface area contributed by atoms with Gasteiger partial charge < -0.3 is 5.32 Å². The van der Waals surface area contributed by atoms with Crippen LogP contribution in [0.5, 0.6) is 0 Å². The number of hydrogen-bond acceptors (Lipinski definition) is 2. The van der Waals surface area contributed by atoms with E-state index in [1.165, 1.54) is 17.0 Å². The fraction of sp³-hybridized carbons (Fsp3) is 0.273. The minimum atomic E-state index is -0.326. The predicted molar refractivity (Wildman–Crippen MR) is 53.6 cm³/mol. The Bertz CT molecular complexity index is 400. The van der Waals surface area contributed by atoms with Gasteiger partial charge in [-0.2, -0.15) is 0 Å². The molecule has 0 spiro atoms. The van der Waals surface area contributed by atoms with Crippen LogP contribution in [0.4, 0.5) is 4.39 Å². The second kappa shape index (κ2) is 4.40. The number of imide groups is 1. The number of rotatable bonds is 2. The van der Waals surface area contributed by atoms with Gasteiger partial charge >= 0.3 is 0 Å². The molecule has 0 unspecified atom stereocenters. The van der Waals surface area contributed by atoms with Crippen LogP contribution in [-0.4, -0.2) is 29.8 Å². The standard InChI is InChI=1S/C11H11FN2O2/c12-9-3-1-8(2-4-9)7-14-10(15)5-13-6-11(14)16/h1-4,13H,5-7H2/p+1. The third-order valence-electron chi connectivity index (χ3n) is 2.49. The van der Waals surface area contributed by atoms with Crippen LogP contribution >= 0.6 is 0 Å². The van der Waals surface area contributed by atoms with Gasteiger partial charge in [-0.1, -0.05) is 12.1 Å². The van der Waals surface area contributed by atoms with Crippen molar-refractivity contribution in [3.63, 3.8) is 0 Å². The van der Waals surface area contributed by atoms with Crippen molar-refractivity contribution in [3.05, 3.63) is 35.6 Å². The summed E-state index contributed by atoms with van der Waals surface area (Å²) < 4.78 is 12.7.